The van der Waals surface area contributed by atoms with Crippen molar-refractivity contribution in [3.8, 4) is 0 Å². The van der Waals surface area contributed by atoms with Gasteiger partial charge in [-0.1, -0.05) is 66.7 Å². The van der Waals surface area contributed by atoms with E-state index in [9.17, 15) is 9.59 Å². The van der Waals surface area contributed by atoms with Crippen molar-refractivity contribution < 1.29 is 9.21 Å². The standard InChI is InChI=1S/C25H19N3O3/c29-23(16-28-25(30)20-12-6-4-11-19(20)15-26-28)27-24(17-8-2-1-3-9-17)22-14-18-10-5-7-13-21(18)31-22/h1-15,24H,16H2,(H,27,29)/t24-/m1/s1. The molecule has 6 heteroatoms. The maximum absolute atomic E-state index is 12.9. The zero-order valence-electron chi connectivity index (χ0n) is 16.6. The van der Waals surface area contributed by atoms with E-state index in [-0.39, 0.29) is 18.0 Å². The first-order valence-corrected chi connectivity index (χ1v) is 9.97. The number of furan rings is 1. The Morgan fingerprint density at radius 1 is 0.935 bits per heavy atom. The van der Waals surface area contributed by atoms with Crippen molar-refractivity contribution >= 4 is 27.6 Å². The Hall–Kier alpha value is -4.19. The quantitative estimate of drug-likeness (QED) is 0.475. The Bertz CT molecular complexity index is 1400. The lowest BCUT2D eigenvalue weighted by Gasteiger charge is -2.17. The van der Waals surface area contributed by atoms with E-state index in [0.717, 1.165) is 21.9 Å². The maximum Gasteiger partial charge on any atom is 0.275 e. The van der Waals surface area contributed by atoms with Crippen LogP contribution >= 0.6 is 0 Å². The summed E-state index contributed by atoms with van der Waals surface area (Å²) < 4.78 is 7.20. The van der Waals surface area contributed by atoms with Crippen LogP contribution in [0.3, 0.4) is 0 Å². The molecular formula is C25H19N3O3. The molecule has 0 aliphatic heterocycles. The van der Waals surface area contributed by atoms with Crippen LogP contribution in [0.4, 0.5) is 0 Å². The Balaban J connectivity index is 1.46. The molecule has 6 nitrogen and oxygen atoms in total. The van der Waals surface area contributed by atoms with Crippen LogP contribution < -0.4 is 10.9 Å². The van der Waals surface area contributed by atoms with Crippen LogP contribution in [0.1, 0.15) is 17.4 Å². The van der Waals surface area contributed by atoms with Crippen molar-refractivity contribution in [1.29, 1.82) is 0 Å². The van der Waals surface area contributed by atoms with Gasteiger partial charge in [-0.15, -0.1) is 0 Å². The molecule has 5 rings (SSSR count). The van der Waals surface area contributed by atoms with Gasteiger partial charge in [0.05, 0.1) is 11.6 Å². The van der Waals surface area contributed by atoms with Crippen molar-refractivity contribution in [3.05, 3.63) is 113 Å². The number of benzene rings is 3. The number of amides is 1. The summed E-state index contributed by atoms with van der Waals surface area (Å²) >= 11 is 0. The highest BCUT2D eigenvalue weighted by Crippen LogP contribution is 2.28. The lowest BCUT2D eigenvalue weighted by molar-refractivity contribution is -0.122. The van der Waals surface area contributed by atoms with Gasteiger partial charge in [-0.3, -0.25) is 9.59 Å². The zero-order valence-corrected chi connectivity index (χ0v) is 16.6. The topological polar surface area (TPSA) is 77.1 Å². The second-order valence-corrected chi connectivity index (χ2v) is 7.29. The molecule has 0 aliphatic rings. The van der Waals surface area contributed by atoms with Crippen LogP contribution in [0.2, 0.25) is 0 Å². The highest BCUT2D eigenvalue weighted by molar-refractivity contribution is 5.82. The summed E-state index contributed by atoms with van der Waals surface area (Å²) in [4.78, 5) is 25.6. The highest BCUT2D eigenvalue weighted by atomic mass is 16.3. The molecule has 31 heavy (non-hydrogen) atoms. The minimum absolute atomic E-state index is 0.187. The molecule has 0 unspecified atom stereocenters. The average Bonchev–Trinajstić information content (AvgIpc) is 3.24. The first-order valence-electron chi connectivity index (χ1n) is 9.97. The third-order valence-corrected chi connectivity index (χ3v) is 5.22. The van der Waals surface area contributed by atoms with Crippen molar-refractivity contribution in [3.63, 3.8) is 0 Å². The summed E-state index contributed by atoms with van der Waals surface area (Å²) in [6.45, 7) is -0.187. The summed E-state index contributed by atoms with van der Waals surface area (Å²) in [5.41, 5.74) is 1.34. The van der Waals surface area contributed by atoms with E-state index in [1.807, 2.05) is 72.8 Å². The second-order valence-electron chi connectivity index (χ2n) is 7.29. The van der Waals surface area contributed by atoms with E-state index in [4.69, 9.17) is 4.42 Å². The van der Waals surface area contributed by atoms with Gasteiger partial charge in [0.2, 0.25) is 5.91 Å². The highest BCUT2D eigenvalue weighted by Gasteiger charge is 2.21. The molecule has 5 aromatic rings. The van der Waals surface area contributed by atoms with Gasteiger partial charge >= 0.3 is 0 Å². The van der Waals surface area contributed by atoms with Gasteiger partial charge in [-0.25, -0.2) is 4.68 Å². The molecule has 0 bridgehead atoms. The molecule has 2 heterocycles. The number of aromatic nitrogens is 2. The first-order chi connectivity index (χ1) is 15.2. The van der Waals surface area contributed by atoms with Crippen LogP contribution in [-0.4, -0.2) is 15.7 Å². The lowest BCUT2D eigenvalue weighted by atomic mass is 10.0. The zero-order chi connectivity index (χ0) is 21.2. The summed E-state index contributed by atoms with van der Waals surface area (Å²) in [6.07, 6.45) is 1.60. The molecule has 0 aliphatic carbocycles. The number of fused-ring (bicyclic) bond motifs is 2. The van der Waals surface area contributed by atoms with Crippen molar-refractivity contribution in [1.82, 2.24) is 15.1 Å². The number of para-hydroxylation sites is 1. The molecule has 1 N–H and O–H groups in total. The summed E-state index contributed by atoms with van der Waals surface area (Å²) in [5.74, 6) is 0.291. The second kappa shape index (κ2) is 7.91. The third-order valence-electron chi connectivity index (χ3n) is 5.22. The van der Waals surface area contributed by atoms with Crippen molar-refractivity contribution in [2.45, 2.75) is 12.6 Å². The van der Waals surface area contributed by atoms with E-state index in [1.54, 1.807) is 18.3 Å². The van der Waals surface area contributed by atoms with Crippen LogP contribution in [-0.2, 0) is 11.3 Å². The molecule has 0 spiro atoms. The van der Waals surface area contributed by atoms with E-state index in [0.29, 0.717) is 11.1 Å². The number of hydrogen-bond acceptors (Lipinski definition) is 4. The minimum atomic E-state index is -0.489. The van der Waals surface area contributed by atoms with Gasteiger partial charge in [0.1, 0.15) is 23.9 Å². The number of rotatable bonds is 5. The normalized spacial score (nSPS) is 12.1. The lowest BCUT2D eigenvalue weighted by Crippen LogP contribution is -2.36. The van der Waals surface area contributed by atoms with E-state index in [2.05, 4.69) is 10.4 Å². The van der Waals surface area contributed by atoms with Gasteiger partial charge in [0, 0.05) is 10.8 Å². The fraction of sp³-hybridized carbons (Fsp3) is 0.0800. The molecule has 2 aromatic heterocycles. The summed E-state index contributed by atoms with van der Waals surface area (Å²) in [6, 6.07) is 25.9. The van der Waals surface area contributed by atoms with Crippen molar-refractivity contribution in [2.75, 3.05) is 0 Å². The van der Waals surface area contributed by atoms with E-state index < -0.39 is 6.04 Å². The molecule has 3 aromatic carbocycles. The molecule has 0 saturated carbocycles. The molecule has 0 saturated heterocycles. The van der Waals surface area contributed by atoms with Gasteiger partial charge in [-0.2, -0.15) is 5.10 Å². The largest absolute Gasteiger partial charge is 0.459 e. The SMILES string of the molecule is O=C(Cn1ncc2ccccc2c1=O)N[C@H](c1ccccc1)c1cc2ccccc2o1. The first kappa shape index (κ1) is 18.8. The van der Waals surface area contributed by atoms with Crippen LogP contribution in [0.5, 0.6) is 0 Å². The van der Waals surface area contributed by atoms with Gasteiger partial charge in [0.15, 0.2) is 0 Å². The molecule has 152 valence electrons. The van der Waals surface area contributed by atoms with Crippen molar-refractivity contribution in [2.24, 2.45) is 0 Å². The molecule has 0 radical (unpaired) electrons. The number of carbonyl (C=O) groups excluding carboxylic acids is 1. The third kappa shape index (κ3) is 3.71. The average molecular weight is 409 g/mol. The van der Waals surface area contributed by atoms with Gasteiger partial charge in [-0.05, 0) is 23.8 Å². The fourth-order valence-electron chi connectivity index (χ4n) is 3.69. The monoisotopic (exact) mass is 409 g/mol. The Kier molecular flexibility index (Phi) is 4.80. The molecular weight excluding hydrogens is 390 g/mol. The summed E-state index contributed by atoms with van der Waals surface area (Å²) in [7, 11) is 0. The van der Waals surface area contributed by atoms with E-state index in [1.165, 1.54) is 4.68 Å². The summed E-state index contributed by atoms with van der Waals surface area (Å²) in [5, 5.41) is 9.39. The number of nitrogens with zero attached hydrogens (tertiary/aromatic N) is 2. The Morgan fingerprint density at radius 3 is 2.45 bits per heavy atom. The van der Waals surface area contributed by atoms with E-state index >= 15 is 0 Å². The number of hydrogen-bond donors (Lipinski definition) is 1. The predicted molar refractivity (Wildman–Crippen MR) is 119 cm³/mol. The molecule has 0 fully saturated rings. The van der Waals surface area contributed by atoms with Gasteiger partial charge < -0.3 is 9.73 Å². The predicted octanol–water partition coefficient (Wildman–Crippen LogP) is 4.05. The van der Waals surface area contributed by atoms with Gasteiger partial charge in [0.25, 0.3) is 5.56 Å². The minimum Gasteiger partial charge on any atom is -0.459 e. The Labute approximate surface area is 177 Å². The van der Waals surface area contributed by atoms with Crippen LogP contribution in [0.15, 0.2) is 100 Å². The Morgan fingerprint density at radius 2 is 1.65 bits per heavy atom. The fourth-order valence-corrected chi connectivity index (χ4v) is 3.69. The number of carbonyl (C=O) groups is 1. The maximum atomic E-state index is 12.9. The van der Waals surface area contributed by atoms with Crippen LogP contribution in [0.25, 0.3) is 21.7 Å². The number of nitrogens with one attached hydrogen (secondary N) is 1. The van der Waals surface area contributed by atoms with Crippen LogP contribution in [0, 0.1) is 0 Å². The smallest absolute Gasteiger partial charge is 0.275 e. The molecule has 1 amide bonds. The molecule has 1 atom stereocenters.